The Morgan fingerprint density at radius 3 is 2.50 bits per heavy atom. The normalized spacial score (nSPS) is 11.4. The van der Waals surface area contributed by atoms with Gasteiger partial charge in [-0.3, -0.25) is 9.59 Å². The first kappa shape index (κ1) is 19.6. The Balaban J connectivity index is 2.38. The van der Waals surface area contributed by atoms with Crippen LogP contribution < -0.4 is 16.5 Å². The molecule has 8 heteroatoms. The first-order chi connectivity index (χ1) is 11.6. The predicted octanol–water partition coefficient (Wildman–Crippen LogP) is 0.135. The minimum Gasteiger partial charge on any atom is -0.468 e. The van der Waals surface area contributed by atoms with Gasteiger partial charge >= 0.3 is 11.9 Å². The maximum absolute atomic E-state index is 11.8. The quantitative estimate of drug-likeness (QED) is 0.315. The van der Waals surface area contributed by atoms with Crippen LogP contribution in [0.2, 0.25) is 0 Å². The molecule has 0 saturated carbocycles. The number of rotatable bonds is 10. The number of ether oxygens (including phenoxy) is 1. The molecule has 0 radical (unpaired) electrons. The first-order valence-electron chi connectivity index (χ1n) is 7.64. The lowest BCUT2D eigenvalue weighted by Crippen LogP contribution is -2.39. The van der Waals surface area contributed by atoms with Crippen molar-refractivity contribution >= 4 is 17.8 Å². The molecule has 0 fully saturated rings. The van der Waals surface area contributed by atoms with Gasteiger partial charge in [0.15, 0.2) is 0 Å². The van der Waals surface area contributed by atoms with Gasteiger partial charge in [0, 0.05) is 6.54 Å². The van der Waals surface area contributed by atoms with E-state index in [2.05, 4.69) is 15.5 Å². The number of esters is 1. The van der Waals surface area contributed by atoms with Gasteiger partial charge in [-0.2, -0.15) is 0 Å². The molecule has 0 bridgehead atoms. The number of methoxy groups -OCH3 is 1. The minimum absolute atomic E-state index is 0.0538. The van der Waals surface area contributed by atoms with Crippen LogP contribution in [0, 0.1) is 0 Å². The van der Waals surface area contributed by atoms with Crippen molar-refractivity contribution in [3.8, 4) is 0 Å². The van der Waals surface area contributed by atoms with E-state index in [4.69, 9.17) is 10.6 Å². The Bertz CT molecular complexity index is 536. The molecule has 0 aliphatic carbocycles. The van der Waals surface area contributed by atoms with E-state index in [1.807, 2.05) is 0 Å². The zero-order valence-electron chi connectivity index (χ0n) is 13.6. The average molecular weight is 337 g/mol. The fraction of sp³-hybridized carbons (Fsp3) is 0.438. The summed E-state index contributed by atoms with van der Waals surface area (Å²) in [5.41, 5.74) is 8.00. The maximum atomic E-state index is 11.8. The van der Waals surface area contributed by atoms with E-state index in [1.165, 1.54) is 7.11 Å². The van der Waals surface area contributed by atoms with E-state index in [0.717, 1.165) is 0 Å². The standard InChI is InChI=1S/C16H23N3O5/c1-23-16(22)13(9-5-6-10-18-14(20)11-17)19-24-15(21)12-7-3-2-4-8-12/h2-4,7-8,13,19H,5-6,9-11,17H2,1H3,(H,18,20). The summed E-state index contributed by atoms with van der Waals surface area (Å²) in [5, 5.41) is 2.64. The van der Waals surface area contributed by atoms with Gasteiger partial charge in [0.05, 0.1) is 19.2 Å². The van der Waals surface area contributed by atoms with Crippen LogP contribution in [0.4, 0.5) is 0 Å². The van der Waals surface area contributed by atoms with E-state index < -0.39 is 18.0 Å². The van der Waals surface area contributed by atoms with E-state index >= 15 is 0 Å². The van der Waals surface area contributed by atoms with Crippen LogP contribution in [0.25, 0.3) is 0 Å². The molecule has 1 rings (SSSR count). The lowest BCUT2D eigenvalue weighted by Gasteiger charge is -2.16. The van der Waals surface area contributed by atoms with Crippen molar-refractivity contribution in [2.75, 3.05) is 20.2 Å². The Hall–Kier alpha value is -2.45. The number of benzene rings is 1. The van der Waals surface area contributed by atoms with Gasteiger partial charge in [0.2, 0.25) is 5.91 Å². The molecule has 4 N–H and O–H groups in total. The van der Waals surface area contributed by atoms with Crippen LogP contribution in [-0.2, 0) is 19.2 Å². The van der Waals surface area contributed by atoms with E-state index in [-0.39, 0.29) is 12.5 Å². The van der Waals surface area contributed by atoms with Crippen LogP contribution in [0.15, 0.2) is 30.3 Å². The van der Waals surface area contributed by atoms with Crippen LogP contribution in [0.3, 0.4) is 0 Å². The van der Waals surface area contributed by atoms with Crippen LogP contribution in [0.1, 0.15) is 29.6 Å². The molecule has 1 aromatic rings. The summed E-state index contributed by atoms with van der Waals surface area (Å²) in [6, 6.07) is 7.65. The number of hydrogen-bond acceptors (Lipinski definition) is 7. The monoisotopic (exact) mass is 337 g/mol. The van der Waals surface area contributed by atoms with Crippen molar-refractivity contribution in [2.45, 2.75) is 25.3 Å². The zero-order valence-corrected chi connectivity index (χ0v) is 13.6. The zero-order chi connectivity index (χ0) is 17.8. The molecule has 0 aliphatic rings. The van der Waals surface area contributed by atoms with E-state index in [0.29, 0.717) is 31.4 Å². The second-order valence-electron chi connectivity index (χ2n) is 5.00. The van der Waals surface area contributed by atoms with Crippen molar-refractivity contribution in [1.82, 2.24) is 10.8 Å². The molecular formula is C16H23N3O5. The van der Waals surface area contributed by atoms with Crippen LogP contribution in [-0.4, -0.2) is 44.1 Å². The van der Waals surface area contributed by atoms with Crippen molar-refractivity contribution < 1.29 is 24.0 Å². The van der Waals surface area contributed by atoms with E-state index in [9.17, 15) is 14.4 Å². The lowest BCUT2D eigenvalue weighted by molar-refractivity contribution is -0.146. The molecule has 0 saturated heterocycles. The molecule has 1 atom stereocenters. The van der Waals surface area contributed by atoms with Gasteiger partial charge in [-0.1, -0.05) is 18.2 Å². The van der Waals surface area contributed by atoms with Gasteiger partial charge in [0.1, 0.15) is 6.04 Å². The third-order valence-corrected chi connectivity index (χ3v) is 3.22. The molecule has 0 heterocycles. The van der Waals surface area contributed by atoms with E-state index in [1.54, 1.807) is 30.3 Å². The summed E-state index contributed by atoms with van der Waals surface area (Å²) in [6.45, 7) is 0.412. The summed E-state index contributed by atoms with van der Waals surface area (Å²) in [4.78, 5) is 39.5. The molecular weight excluding hydrogens is 314 g/mol. The highest BCUT2D eigenvalue weighted by molar-refractivity contribution is 5.89. The molecule has 1 amide bonds. The third kappa shape index (κ3) is 7.21. The number of hydroxylamine groups is 1. The fourth-order valence-corrected chi connectivity index (χ4v) is 1.90. The second kappa shape index (κ2) is 11.1. The number of carbonyl (C=O) groups excluding carboxylic acids is 3. The number of carbonyl (C=O) groups is 3. The average Bonchev–Trinajstić information content (AvgIpc) is 2.63. The smallest absolute Gasteiger partial charge is 0.356 e. The van der Waals surface area contributed by atoms with Gasteiger partial charge in [-0.15, -0.1) is 5.48 Å². The minimum atomic E-state index is -0.770. The number of nitrogens with one attached hydrogen (secondary N) is 2. The Morgan fingerprint density at radius 2 is 1.88 bits per heavy atom. The summed E-state index contributed by atoms with van der Waals surface area (Å²) in [7, 11) is 1.26. The second-order valence-corrected chi connectivity index (χ2v) is 5.00. The molecule has 0 aliphatic heterocycles. The lowest BCUT2D eigenvalue weighted by atomic mass is 10.1. The Morgan fingerprint density at radius 1 is 1.17 bits per heavy atom. The molecule has 1 unspecified atom stereocenters. The van der Waals surface area contributed by atoms with Gasteiger partial charge < -0.3 is 20.6 Å². The molecule has 0 aromatic heterocycles. The molecule has 132 valence electrons. The SMILES string of the molecule is COC(=O)C(CCCCNC(=O)CN)NOC(=O)c1ccccc1. The van der Waals surface area contributed by atoms with Crippen LogP contribution in [0.5, 0.6) is 0 Å². The van der Waals surface area contributed by atoms with Crippen molar-refractivity contribution in [3.05, 3.63) is 35.9 Å². The summed E-state index contributed by atoms with van der Waals surface area (Å²) < 4.78 is 4.68. The molecule has 24 heavy (non-hydrogen) atoms. The highest BCUT2D eigenvalue weighted by Crippen LogP contribution is 2.05. The van der Waals surface area contributed by atoms with Crippen molar-refractivity contribution in [1.29, 1.82) is 0 Å². The Kier molecular flexibility index (Phi) is 9.10. The summed E-state index contributed by atoms with van der Waals surface area (Å²) in [6.07, 6.45) is 1.68. The molecule has 0 spiro atoms. The highest BCUT2D eigenvalue weighted by Gasteiger charge is 2.21. The summed E-state index contributed by atoms with van der Waals surface area (Å²) >= 11 is 0. The topological polar surface area (TPSA) is 120 Å². The van der Waals surface area contributed by atoms with Gasteiger partial charge in [0.25, 0.3) is 0 Å². The van der Waals surface area contributed by atoms with Gasteiger partial charge in [-0.05, 0) is 31.4 Å². The first-order valence-corrected chi connectivity index (χ1v) is 7.64. The highest BCUT2D eigenvalue weighted by atomic mass is 16.7. The summed E-state index contributed by atoms with van der Waals surface area (Å²) in [5.74, 6) is -1.34. The molecule has 1 aromatic carbocycles. The predicted molar refractivity (Wildman–Crippen MR) is 86.7 cm³/mol. The number of unbranched alkanes of at least 4 members (excludes halogenated alkanes) is 1. The number of nitrogens with two attached hydrogens (primary N) is 1. The van der Waals surface area contributed by atoms with Crippen LogP contribution >= 0.6 is 0 Å². The van der Waals surface area contributed by atoms with Crippen molar-refractivity contribution in [2.24, 2.45) is 5.73 Å². The fourth-order valence-electron chi connectivity index (χ4n) is 1.90. The van der Waals surface area contributed by atoms with Crippen molar-refractivity contribution in [3.63, 3.8) is 0 Å². The largest absolute Gasteiger partial charge is 0.468 e. The Labute approximate surface area is 140 Å². The number of amides is 1. The molecule has 8 nitrogen and oxygen atoms in total. The number of hydrogen-bond donors (Lipinski definition) is 3. The maximum Gasteiger partial charge on any atom is 0.356 e. The van der Waals surface area contributed by atoms with Gasteiger partial charge in [-0.25, -0.2) is 4.79 Å². The third-order valence-electron chi connectivity index (χ3n) is 3.22.